The van der Waals surface area contributed by atoms with E-state index in [-0.39, 0.29) is 6.61 Å². The largest absolute Gasteiger partial charge is 0.460 e. The van der Waals surface area contributed by atoms with Crippen molar-refractivity contribution in [3.63, 3.8) is 0 Å². The number of ketones is 1. The molecule has 0 aromatic rings. The Morgan fingerprint density at radius 1 is 1.29 bits per heavy atom. The molecule has 0 aliphatic carbocycles. The van der Waals surface area contributed by atoms with Crippen LogP contribution in [0.15, 0.2) is 12.7 Å². The van der Waals surface area contributed by atoms with Gasteiger partial charge in [0, 0.05) is 6.42 Å². The molecule has 0 saturated heterocycles. The highest BCUT2D eigenvalue weighted by Crippen LogP contribution is 2.04. The van der Waals surface area contributed by atoms with E-state index in [0.717, 1.165) is 25.7 Å². The van der Waals surface area contributed by atoms with Crippen molar-refractivity contribution in [3.05, 3.63) is 12.7 Å². The lowest BCUT2D eigenvalue weighted by Crippen LogP contribution is -2.16. The average Bonchev–Trinajstić information content (AvgIpc) is 2.17. The molecule has 0 aliphatic heterocycles. The molecule has 3 heteroatoms. The van der Waals surface area contributed by atoms with Crippen molar-refractivity contribution in [2.45, 2.75) is 39.0 Å². The normalized spacial score (nSPS) is 9.50. The summed E-state index contributed by atoms with van der Waals surface area (Å²) in [5.74, 6) is -1.11. The lowest BCUT2D eigenvalue weighted by Gasteiger charge is -2.00. The quantitative estimate of drug-likeness (QED) is 0.260. The molecule has 0 atom stereocenters. The fourth-order valence-corrected chi connectivity index (χ4v) is 1.06. The zero-order valence-corrected chi connectivity index (χ0v) is 8.75. The first-order chi connectivity index (χ1) is 6.72. The van der Waals surface area contributed by atoms with E-state index in [4.69, 9.17) is 0 Å². The minimum atomic E-state index is -0.698. The summed E-state index contributed by atoms with van der Waals surface area (Å²) in [5, 5.41) is 0. The third kappa shape index (κ3) is 6.40. The molecular formula is C11H18O3. The lowest BCUT2D eigenvalue weighted by atomic mass is 10.1. The van der Waals surface area contributed by atoms with Gasteiger partial charge < -0.3 is 4.74 Å². The monoisotopic (exact) mass is 198 g/mol. The molecule has 0 spiro atoms. The van der Waals surface area contributed by atoms with E-state index in [2.05, 4.69) is 11.3 Å². The number of Topliss-reactive ketones (excluding diaryl/α,β-unsaturated/α-hetero) is 1. The first-order valence-corrected chi connectivity index (χ1v) is 5.03. The molecule has 0 aromatic heterocycles. The standard InChI is InChI=1S/C11H18O3/c1-3-5-6-7-8-9-10(12)11(13)14-4-2/h3H,1,4-9H2,2H3. The van der Waals surface area contributed by atoms with Crippen LogP contribution in [0, 0.1) is 0 Å². The van der Waals surface area contributed by atoms with Gasteiger partial charge in [-0.25, -0.2) is 4.79 Å². The molecule has 0 fully saturated rings. The lowest BCUT2D eigenvalue weighted by molar-refractivity contribution is -0.153. The number of hydrogen-bond donors (Lipinski definition) is 0. The maximum Gasteiger partial charge on any atom is 0.374 e. The van der Waals surface area contributed by atoms with Gasteiger partial charge in [0.15, 0.2) is 0 Å². The van der Waals surface area contributed by atoms with Crippen molar-refractivity contribution >= 4 is 11.8 Å². The third-order valence-electron chi connectivity index (χ3n) is 1.82. The van der Waals surface area contributed by atoms with Gasteiger partial charge in [-0.1, -0.05) is 12.5 Å². The number of rotatable bonds is 8. The minimum absolute atomic E-state index is 0.265. The van der Waals surface area contributed by atoms with Crippen molar-refractivity contribution in [2.75, 3.05) is 6.61 Å². The van der Waals surface area contributed by atoms with Crippen LogP contribution in [-0.4, -0.2) is 18.4 Å². The van der Waals surface area contributed by atoms with Crippen molar-refractivity contribution in [3.8, 4) is 0 Å². The number of carbonyl (C=O) groups is 2. The highest BCUT2D eigenvalue weighted by Gasteiger charge is 2.13. The summed E-state index contributed by atoms with van der Waals surface area (Å²) in [4.78, 5) is 21.9. The Balaban J connectivity index is 3.43. The Morgan fingerprint density at radius 2 is 2.00 bits per heavy atom. The Labute approximate surface area is 85.1 Å². The van der Waals surface area contributed by atoms with Gasteiger partial charge in [0.2, 0.25) is 5.78 Å². The zero-order chi connectivity index (χ0) is 10.8. The van der Waals surface area contributed by atoms with Gasteiger partial charge in [-0.3, -0.25) is 4.79 Å². The predicted octanol–water partition coefficient (Wildman–Crippen LogP) is 2.26. The summed E-state index contributed by atoms with van der Waals surface area (Å²) in [6.45, 7) is 5.56. The molecule has 0 bridgehead atoms. The fourth-order valence-electron chi connectivity index (χ4n) is 1.06. The van der Waals surface area contributed by atoms with Crippen LogP contribution in [0.3, 0.4) is 0 Å². The van der Waals surface area contributed by atoms with Gasteiger partial charge in [-0.05, 0) is 26.2 Å². The van der Waals surface area contributed by atoms with Gasteiger partial charge in [0.05, 0.1) is 6.61 Å². The Kier molecular flexibility index (Phi) is 7.80. The van der Waals surface area contributed by atoms with E-state index >= 15 is 0 Å². The van der Waals surface area contributed by atoms with Crippen LogP contribution in [0.25, 0.3) is 0 Å². The molecule has 0 saturated carbocycles. The zero-order valence-electron chi connectivity index (χ0n) is 8.75. The van der Waals surface area contributed by atoms with Crippen molar-refractivity contribution < 1.29 is 14.3 Å². The van der Waals surface area contributed by atoms with Crippen LogP contribution in [-0.2, 0) is 14.3 Å². The highest BCUT2D eigenvalue weighted by molar-refractivity contribution is 6.33. The predicted molar refractivity (Wildman–Crippen MR) is 54.9 cm³/mol. The maximum absolute atomic E-state index is 11.1. The second-order valence-corrected chi connectivity index (χ2v) is 3.03. The van der Waals surface area contributed by atoms with E-state index in [1.807, 2.05) is 6.08 Å². The maximum atomic E-state index is 11.1. The van der Waals surface area contributed by atoms with E-state index < -0.39 is 11.8 Å². The SMILES string of the molecule is C=CCCCCCC(=O)C(=O)OCC. The molecule has 0 rings (SSSR count). The Hall–Kier alpha value is -1.12. The molecule has 0 aromatic carbocycles. The number of esters is 1. The highest BCUT2D eigenvalue weighted by atomic mass is 16.5. The molecule has 80 valence electrons. The molecule has 0 radical (unpaired) electrons. The Bertz CT molecular complexity index is 197. The molecule has 3 nitrogen and oxygen atoms in total. The number of ether oxygens (including phenoxy) is 1. The van der Waals surface area contributed by atoms with Crippen LogP contribution in [0.4, 0.5) is 0 Å². The molecule has 0 amide bonds. The van der Waals surface area contributed by atoms with Gasteiger partial charge >= 0.3 is 5.97 Å². The molecular weight excluding hydrogens is 180 g/mol. The minimum Gasteiger partial charge on any atom is -0.460 e. The van der Waals surface area contributed by atoms with Crippen molar-refractivity contribution in [2.24, 2.45) is 0 Å². The molecule has 0 aliphatic rings. The second kappa shape index (κ2) is 8.48. The van der Waals surface area contributed by atoms with Gasteiger partial charge in [-0.2, -0.15) is 0 Å². The van der Waals surface area contributed by atoms with Gasteiger partial charge in [0.1, 0.15) is 0 Å². The first kappa shape index (κ1) is 12.9. The molecule has 0 unspecified atom stereocenters. The average molecular weight is 198 g/mol. The topological polar surface area (TPSA) is 43.4 Å². The van der Waals surface area contributed by atoms with Crippen molar-refractivity contribution in [1.29, 1.82) is 0 Å². The number of unbranched alkanes of at least 4 members (excludes halogenated alkanes) is 3. The van der Waals surface area contributed by atoms with Gasteiger partial charge in [0.25, 0.3) is 0 Å². The van der Waals surface area contributed by atoms with E-state index in [9.17, 15) is 9.59 Å². The van der Waals surface area contributed by atoms with Crippen LogP contribution in [0.5, 0.6) is 0 Å². The third-order valence-corrected chi connectivity index (χ3v) is 1.82. The summed E-state index contributed by atoms with van der Waals surface area (Å²) >= 11 is 0. The number of carbonyl (C=O) groups excluding carboxylic acids is 2. The van der Waals surface area contributed by atoms with Crippen molar-refractivity contribution in [1.82, 2.24) is 0 Å². The Morgan fingerprint density at radius 3 is 2.57 bits per heavy atom. The van der Waals surface area contributed by atoms with E-state index in [1.54, 1.807) is 6.92 Å². The number of hydrogen-bond acceptors (Lipinski definition) is 3. The van der Waals surface area contributed by atoms with Crippen LogP contribution >= 0.6 is 0 Å². The van der Waals surface area contributed by atoms with Crippen LogP contribution in [0.2, 0.25) is 0 Å². The molecule has 0 N–H and O–H groups in total. The smallest absolute Gasteiger partial charge is 0.374 e. The van der Waals surface area contributed by atoms with E-state index in [0.29, 0.717) is 6.42 Å². The summed E-state index contributed by atoms with van der Waals surface area (Å²) in [6.07, 6.45) is 5.86. The second-order valence-electron chi connectivity index (χ2n) is 3.03. The molecule has 14 heavy (non-hydrogen) atoms. The van der Waals surface area contributed by atoms with E-state index in [1.165, 1.54) is 0 Å². The van der Waals surface area contributed by atoms with Gasteiger partial charge in [-0.15, -0.1) is 6.58 Å². The number of allylic oxidation sites excluding steroid dienone is 1. The molecule has 0 heterocycles. The summed E-state index contributed by atoms with van der Waals surface area (Å²) in [5.41, 5.74) is 0. The first-order valence-electron chi connectivity index (χ1n) is 5.03. The van der Waals surface area contributed by atoms with Crippen LogP contribution < -0.4 is 0 Å². The fraction of sp³-hybridized carbons (Fsp3) is 0.636. The summed E-state index contributed by atoms with van der Waals surface area (Å²) in [7, 11) is 0. The summed E-state index contributed by atoms with van der Waals surface area (Å²) < 4.78 is 4.58. The van der Waals surface area contributed by atoms with Crippen LogP contribution in [0.1, 0.15) is 39.0 Å². The summed E-state index contributed by atoms with van der Waals surface area (Å²) in [6, 6.07) is 0.